The summed E-state index contributed by atoms with van der Waals surface area (Å²) >= 11 is 0. The summed E-state index contributed by atoms with van der Waals surface area (Å²) in [6.45, 7) is 0. The molecular weight excluding hydrogens is 588 g/mol. The first-order valence-electron chi connectivity index (χ1n) is 17.9. The van der Waals surface area contributed by atoms with Crippen LogP contribution in [0.3, 0.4) is 0 Å². The second-order valence-corrected chi connectivity index (χ2v) is 15.6. The molecule has 8 nitrogen and oxygen atoms in total. The molecule has 8 bridgehead atoms. The van der Waals surface area contributed by atoms with E-state index in [9.17, 15) is 0 Å². The summed E-state index contributed by atoms with van der Waals surface area (Å²) in [5.41, 5.74) is 0. The molecule has 5 aliphatic heterocycles. The average Bonchev–Trinajstić information content (AvgIpc) is 3.73. The molecule has 4 saturated carbocycles. The predicted octanol–water partition coefficient (Wildman–Crippen LogP) is 2.60. The Morgan fingerprint density at radius 2 is 0.341 bits per heavy atom. The van der Waals surface area contributed by atoms with Crippen LogP contribution in [0.15, 0.2) is 0 Å². The van der Waals surface area contributed by atoms with Crippen molar-refractivity contribution in [3.05, 3.63) is 0 Å². The number of hydrogen-bond donors (Lipinski definition) is 8. The summed E-state index contributed by atoms with van der Waals surface area (Å²) in [4.78, 5) is 0. The first kappa shape index (κ1) is 29.0. The molecule has 0 aromatic heterocycles. The van der Waals surface area contributed by atoms with Gasteiger partial charge in [-0.3, -0.25) is 42.5 Å². The molecule has 8 atom stereocenters. The van der Waals surface area contributed by atoms with Gasteiger partial charge in [-0.25, -0.2) is 0 Å². The van der Waals surface area contributed by atoms with Crippen LogP contribution < -0.4 is 42.5 Å². The van der Waals surface area contributed by atoms with E-state index in [1.165, 1.54) is 103 Å². The van der Waals surface area contributed by atoms with E-state index >= 15 is 0 Å². The van der Waals surface area contributed by atoms with Gasteiger partial charge in [-0.1, -0.05) is 51.4 Å². The van der Waals surface area contributed by atoms with Gasteiger partial charge in [0.15, 0.2) is 0 Å². The maximum absolute atomic E-state index is 4.26. The first-order chi connectivity index (χ1) is 19.8. The van der Waals surface area contributed by atoms with E-state index in [2.05, 4.69) is 42.5 Å². The van der Waals surface area contributed by atoms with Crippen LogP contribution in [-0.4, -0.2) is 49.3 Å². The molecule has 5 heterocycles. The van der Waals surface area contributed by atoms with Crippen molar-refractivity contribution >= 4 is 0 Å². The van der Waals surface area contributed by atoms with E-state index in [0.717, 1.165) is 47.3 Å². The second kappa shape index (κ2) is 12.1. The van der Waals surface area contributed by atoms with Crippen molar-refractivity contribution in [3.63, 3.8) is 0 Å². The summed E-state index contributed by atoms with van der Waals surface area (Å²) in [5, 5.41) is 33.8. The van der Waals surface area contributed by atoms with Crippen LogP contribution in [0.1, 0.15) is 103 Å². The summed E-state index contributed by atoms with van der Waals surface area (Å²) in [6.07, 6.45) is 25.6. The van der Waals surface area contributed by atoms with Crippen LogP contribution in [-0.2, 0) is 26.2 Å². The molecule has 0 aromatic rings. The SMILES string of the molecule is C1CCC2C3NC(NC4NC(NC5NC(NC6NC(N3)C3CCCCC63)C3CCCCC53)C3CCCCC43)C2C1.[Zr]. The molecule has 9 heteroatoms. The van der Waals surface area contributed by atoms with E-state index < -0.39 is 0 Å². The Labute approximate surface area is 267 Å². The Balaban J connectivity index is 0.00000256. The van der Waals surface area contributed by atoms with Crippen LogP contribution in [0.5, 0.6) is 0 Å². The van der Waals surface area contributed by atoms with Crippen molar-refractivity contribution in [2.45, 2.75) is 152 Å². The Bertz CT molecular complexity index is 716. The monoisotopic (exact) mass is 642 g/mol. The van der Waals surface area contributed by atoms with E-state index in [1.54, 1.807) is 0 Å². The van der Waals surface area contributed by atoms with E-state index in [1.807, 2.05) is 0 Å². The van der Waals surface area contributed by atoms with E-state index in [4.69, 9.17) is 0 Å². The topological polar surface area (TPSA) is 96.2 Å². The molecule has 9 rings (SSSR count). The Morgan fingerprint density at radius 1 is 0.220 bits per heavy atom. The fraction of sp³-hybridized carbons (Fsp3) is 1.00. The Hall–Kier alpha value is 0.563. The Kier molecular flexibility index (Phi) is 8.53. The zero-order valence-electron chi connectivity index (χ0n) is 25.1. The van der Waals surface area contributed by atoms with Crippen molar-refractivity contribution < 1.29 is 26.2 Å². The number of nitrogens with one attached hydrogen (secondary N) is 8. The zero-order chi connectivity index (χ0) is 26.2. The summed E-state index contributed by atoms with van der Waals surface area (Å²) in [6, 6.07) is 0. The van der Waals surface area contributed by atoms with Crippen LogP contribution >= 0.6 is 0 Å². The average molecular weight is 644 g/mol. The number of rotatable bonds is 0. The smallest absolute Gasteiger partial charge is 0.0628 e. The molecule has 5 saturated heterocycles. The quantitative estimate of drug-likeness (QED) is 0.204. The number of hydrogen-bond acceptors (Lipinski definition) is 8. The molecule has 8 unspecified atom stereocenters. The molecule has 0 radical (unpaired) electrons. The van der Waals surface area contributed by atoms with Gasteiger partial charge in [0.25, 0.3) is 0 Å². The largest absolute Gasteiger partial charge is 0.286 e. The van der Waals surface area contributed by atoms with Gasteiger partial charge >= 0.3 is 0 Å². The molecule has 9 fully saturated rings. The molecular formula is C32H56N8Zr. The number of fused-ring (bicyclic) bond motifs is 20. The molecule has 41 heavy (non-hydrogen) atoms. The zero-order valence-corrected chi connectivity index (χ0v) is 27.5. The molecule has 8 N–H and O–H groups in total. The van der Waals surface area contributed by atoms with Gasteiger partial charge in [0.2, 0.25) is 0 Å². The maximum Gasteiger partial charge on any atom is 0.0628 e. The van der Waals surface area contributed by atoms with Gasteiger partial charge in [-0.05, 0) is 98.7 Å². The first-order valence-corrected chi connectivity index (χ1v) is 17.9. The van der Waals surface area contributed by atoms with Crippen molar-refractivity contribution in [1.29, 1.82) is 0 Å². The molecule has 4 aliphatic carbocycles. The van der Waals surface area contributed by atoms with E-state index in [-0.39, 0.29) is 26.2 Å². The molecule has 9 aliphatic rings. The third-order valence-electron chi connectivity index (χ3n) is 13.8. The van der Waals surface area contributed by atoms with Crippen molar-refractivity contribution in [2.24, 2.45) is 47.3 Å². The normalized spacial score (nSPS) is 56.2. The minimum atomic E-state index is 0. The van der Waals surface area contributed by atoms with Crippen molar-refractivity contribution in [2.75, 3.05) is 0 Å². The molecule has 228 valence electrons. The predicted molar refractivity (Wildman–Crippen MR) is 157 cm³/mol. The minimum absolute atomic E-state index is 0. The molecule has 0 spiro atoms. The van der Waals surface area contributed by atoms with Gasteiger partial charge in [0.1, 0.15) is 0 Å². The van der Waals surface area contributed by atoms with Gasteiger partial charge in [-0.2, -0.15) is 0 Å². The third-order valence-corrected chi connectivity index (χ3v) is 13.8. The summed E-state index contributed by atoms with van der Waals surface area (Å²) in [5.74, 6) is 5.97. The Morgan fingerprint density at radius 3 is 0.463 bits per heavy atom. The molecule has 0 amide bonds. The van der Waals surface area contributed by atoms with Crippen molar-refractivity contribution in [3.8, 4) is 0 Å². The summed E-state index contributed by atoms with van der Waals surface area (Å²) < 4.78 is 0. The fourth-order valence-corrected chi connectivity index (χ4v) is 12.0. The van der Waals surface area contributed by atoms with Crippen LogP contribution in [0.2, 0.25) is 0 Å². The molecule has 0 aromatic carbocycles. The van der Waals surface area contributed by atoms with Crippen LogP contribution in [0.4, 0.5) is 0 Å². The minimum Gasteiger partial charge on any atom is -0.286 e. The van der Waals surface area contributed by atoms with Gasteiger partial charge < -0.3 is 0 Å². The fourth-order valence-electron chi connectivity index (χ4n) is 12.0. The standard InChI is InChI=1S/C32H56N8.Zr/c1-2-10-18-17(9-1)25-33-26(18)38-28-21-13-5-6-14-22(21)30(35-28)40-32-24-16-8-7-15-23(24)31(36-32)39-29-20-12-4-3-11-19(20)27(34-29)37-25;/h17-40H,1-16H2;. The van der Waals surface area contributed by atoms with Gasteiger partial charge in [0.05, 0.1) is 49.3 Å². The van der Waals surface area contributed by atoms with Gasteiger partial charge in [-0.15, -0.1) is 0 Å². The van der Waals surface area contributed by atoms with E-state index in [0.29, 0.717) is 49.3 Å². The summed E-state index contributed by atoms with van der Waals surface area (Å²) in [7, 11) is 0. The van der Waals surface area contributed by atoms with Crippen molar-refractivity contribution in [1.82, 2.24) is 42.5 Å². The van der Waals surface area contributed by atoms with Crippen LogP contribution in [0, 0.1) is 47.3 Å². The maximum atomic E-state index is 4.26. The second-order valence-electron chi connectivity index (χ2n) is 15.6. The third kappa shape index (κ3) is 5.12. The van der Waals surface area contributed by atoms with Crippen LogP contribution in [0.25, 0.3) is 0 Å². The van der Waals surface area contributed by atoms with Gasteiger partial charge in [0, 0.05) is 26.2 Å².